The van der Waals surface area contributed by atoms with Crippen molar-refractivity contribution in [2.45, 2.75) is 0 Å². The van der Waals surface area contributed by atoms with Crippen molar-refractivity contribution < 1.29 is 13.6 Å². The molecule has 0 atom stereocenters. The van der Waals surface area contributed by atoms with Crippen molar-refractivity contribution in [1.82, 2.24) is 0 Å². The molecular weight excluding hydrogens is 304 g/mol. The Morgan fingerprint density at radius 2 is 1.78 bits per heavy atom. The predicted octanol–water partition coefficient (Wildman–Crippen LogP) is 3.98. The lowest BCUT2D eigenvalue weighted by Crippen LogP contribution is -2.14. The number of nitrogens with one attached hydrogen (secondary N) is 1. The predicted molar refractivity (Wildman–Crippen MR) is 68.5 cm³/mol. The molecule has 0 radical (unpaired) electrons. The molecule has 0 spiro atoms. The van der Waals surface area contributed by atoms with Crippen LogP contribution in [0.3, 0.4) is 0 Å². The minimum atomic E-state index is -0.695. The van der Waals surface area contributed by atoms with Crippen LogP contribution in [0.1, 0.15) is 10.4 Å². The first-order valence-corrected chi connectivity index (χ1v) is 5.89. The molecule has 18 heavy (non-hydrogen) atoms. The summed E-state index contributed by atoms with van der Waals surface area (Å²) >= 11 is 2.99. The zero-order valence-electron chi connectivity index (χ0n) is 9.08. The molecule has 5 heteroatoms. The van der Waals surface area contributed by atoms with Gasteiger partial charge in [-0.25, -0.2) is 8.78 Å². The molecule has 0 aliphatic heterocycles. The fourth-order valence-corrected chi connectivity index (χ4v) is 1.80. The van der Waals surface area contributed by atoms with Gasteiger partial charge in [0.15, 0.2) is 0 Å². The maximum absolute atomic E-state index is 13.7. The zero-order chi connectivity index (χ0) is 13.1. The fourth-order valence-electron chi connectivity index (χ4n) is 1.43. The van der Waals surface area contributed by atoms with Crippen LogP contribution in [0.4, 0.5) is 14.5 Å². The van der Waals surface area contributed by atoms with Crippen LogP contribution >= 0.6 is 15.9 Å². The number of carbonyl (C=O) groups excluding carboxylic acids is 1. The van der Waals surface area contributed by atoms with Gasteiger partial charge in [-0.2, -0.15) is 0 Å². The van der Waals surface area contributed by atoms with Gasteiger partial charge in [-0.05, 0) is 40.2 Å². The molecule has 0 bridgehead atoms. The van der Waals surface area contributed by atoms with Crippen LogP contribution in [0, 0.1) is 11.6 Å². The van der Waals surface area contributed by atoms with Gasteiger partial charge < -0.3 is 5.32 Å². The summed E-state index contributed by atoms with van der Waals surface area (Å²) in [5.41, 5.74) is -0.130. The molecule has 2 aromatic carbocycles. The molecule has 1 N–H and O–H groups in total. The number of para-hydroxylation sites is 1. The van der Waals surface area contributed by atoms with E-state index >= 15 is 0 Å². The highest BCUT2D eigenvalue weighted by Gasteiger charge is 2.15. The van der Waals surface area contributed by atoms with Crippen molar-refractivity contribution in [3.8, 4) is 0 Å². The molecule has 2 nitrogen and oxygen atoms in total. The summed E-state index contributed by atoms with van der Waals surface area (Å²) in [6.07, 6.45) is 0. The zero-order valence-corrected chi connectivity index (χ0v) is 10.7. The Hall–Kier alpha value is -1.75. The van der Waals surface area contributed by atoms with Crippen molar-refractivity contribution in [3.63, 3.8) is 0 Å². The Labute approximate surface area is 111 Å². The van der Waals surface area contributed by atoms with Crippen LogP contribution < -0.4 is 5.32 Å². The van der Waals surface area contributed by atoms with Gasteiger partial charge in [0.05, 0.1) is 15.7 Å². The number of rotatable bonds is 2. The molecule has 0 aliphatic rings. The molecule has 2 rings (SSSR count). The quantitative estimate of drug-likeness (QED) is 0.893. The summed E-state index contributed by atoms with van der Waals surface area (Å²) in [6.45, 7) is 0. The van der Waals surface area contributed by atoms with E-state index < -0.39 is 17.5 Å². The first-order chi connectivity index (χ1) is 8.59. The second-order valence-electron chi connectivity index (χ2n) is 3.54. The largest absolute Gasteiger partial charge is 0.319 e. The first-order valence-electron chi connectivity index (χ1n) is 5.09. The summed E-state index contributed by atoms with van der Waals surface area (Å²) in [6, 6.07) is 10.0. The summed E-state index contributed by atoms with van der Waals surface area (Å²) < 4.78 is 27.2. The molecule has 0 heterocycles. The first kappa shape index (κ1) is 12.7. The van der Waals surface area contributed by atoms with Crippen molar-refractivity contribution >= 4 is 27.5 Å². The van der Waals surface area contributed by atoms with Crippen LogP contribution in [0.5, 0.6) is 0 Å². The lowest BCUT2D eigenvalue weighted by Gasteiger charge is -2.07. The van der Waals surface area contributed by atoms with E-state index in [9.17, 15) is 13.6 Å². The highest BCUT2D eigenvalue weighted by atomic mass is 79.9. The van der Waals surface area contributed by atoms with E-state index in [1.165, 1.54) is 36.4 Å². The van der Waals surface area contributed by atoms with Gasteiger partial charge in [-0.1, -0.05) is 18.2 Å². The number of halogens is 3. The Bertz CT molecular complexity index is 601. The third-order valence-corrected chi connectivity index (χ3v) is 2.93. The van der Waals surface area contributed by atoms with Gasteiger partial charge in [0, 0.05) is 0 Å². The molecule has 0 aromatic heterocycles. The molecule has 0 fully saturated rings. The molecule has 0 unspecified atom stereocenters. The average Bonchev–Trinajstić information content (AvgIpc) is 2.35. The summed E-state index contributed by atoms with van der Waals surface area (Å²) in [5, 5.41) is 2.32. The summed E-state index contributed by atoms with van der Waals surface area (Å²) in [7, 11) is 0. The maximum Gasteiger partial charge on any atom is 0.258 e. The van der Waals surface area contributed by atoms with E-state index in [0.717, 1.165) is 0 Å². The van der Waals surface area contributed by atoms with Gasteiger partial charge >= 0.3 is 0 Å². The molecular formula is C13H8BrF2NO. The SMILES string of the molecule is O=C(Nc1ccccc1F)c1cccc(Br)c1F. The maximum atomic E-state index is 13.7. The van der Waals surface area contributed by atoms with Gasteiger partial charge in [0.2, 0.25) is 0 Å². The number of carbonyl (C=O) groups is 1. The Balaban J connectivity index is 2.28. The van der Waals surface area contributed by atoms with Gasteiger partial charge in [0.25, 0.3) is 5.91 Å². The molecule has 2 aromatic rings. The molecule has 92 valence electrons. The van der Waals surface area contributed by atoms with E-state index in [-0.39, 0.29) is 15.7 Å². The van der Waals surface area contributed by atoms with Gasteiger partial charge in [-0.3, -0.25) is 4.79 Å². The van der Waals surface area contributed by atoms with E-state index in [1.54, 1.807) is 6.07 Å². The summed E-state index contributed by atoms with van der Waals surface area (Å²) in [5.74, 6) is -1.94. The minimum absolute atomic E-state index is 0.0156. The number of benzene rings is 2. The Morgan fingerprint density at radius 1 is 1.06 bits per heavy atom. The number of anilines is 1. The molecule has 0 saturated carbocycles. The smallest absolute Gasteiger partial charge is 0.258 e. The van der Waals surface area contributed by atoms with Gasteiger partial charge in [-0.15, -0.1) is 0 Å². The Morgan fingerprint density at radius 3 is 2.50 bits per heavy atom. The van der Waals surface area contributed by atoms with Crippen LogP contribution in [0.15, 0.2) is 46.9 Å². The molecule has 0 saturated heterocycles. The van der Waals surface area contributed by atoms with E-state index in [1.807, 2.05) is 0 Å². The van der Waals surface area contributed by atoms with E-state index in [0.29, 0.717) is 0 Å². The van der Waals surface area contributed by atoms with E-state index in [4.69, 9.17) is 0 Å². The Kier molecular flexibility index (Phi) is 3.72. The monoisotopic (exact) mass is 311 g/mol. The lowest BCUT2D eigenvalue weighted by molar-refractivity contribution is 0.102. The normalized spacial score (nSPS) is 10.2. The fraction of sp³-hybridized carbons (Fsp3) is 0. The second-order valence-corrected chi connectivity index (χ2v) is 4.39. The van der Waals surface area contributed by atoms with Crippen molar-refractivity contribution in [3.05, 3.63) is 64.1 Å². The molecule has 0 aliphatic carbocycles. The topological polar surface area (TPSA) is 29.1 Å². The number of hydrogen-bond donors (Lipinski definition) is 1. The second kappa shape index (κ2) is 5.27. The third kappa shape index (κ3) is 2.56. The summed E-state index contributed by atoms with van der Waals surface area (Å²) in [4.78, 5) is 11.8. The minimum Gasteiger partial charge on any atom is -0.319 e. The standard InChI is InChI=1S/C13H8BrF2NO/c14-9-5-3-4-8(12(9)16)13(18)17-11-7-2-1-6-10(11)15/h1-7H,(H,17,18). The molecule has 1 amide bonds. The van der Waals surface area contributed by atoms with Crippen LogP contribution in [-0.4, -0.2) is 5.91 Å². The van der Waals surface area contributed by atoms with Crippen LogP contribution in [0.2, 0.25) is 0 Å². The van der Waals surface area contributed by atoms with Gasteiger partial charge in [0.1, 0.15) is 11.6 Å². The van der Waals surface area contributed by atoms with Crippen molar-refractivity contribution in [1.29, 1.82) is 0 Å². The number of amides is 1. The van der Waals surface area contributed by atoms with Crippen molar-refractivity contribution in [2.75, 3.05) is 5.32 Å². The van der Waals surface area contributed by atoms with Crippen LogP contribution in [-0.2, 0) is 0 Å². The lowest BCUT2D eigenvalue weighted by atomic mass is 10.2. The third-order valence-electron chi connectivity index (χ3n) is 2.32. The highest BCUT2D eigenvalue weighted by molar-refractivity contribution is 9.10. The average molecular weight is 312 g/mol. The number of hydrogen-bond acceptors (Lipinski definition) is 1. The highest BCUT2D eigenvalue weighted by Crippen LogP contribution is 2.20. The van der Waals surface area contributed by atoms with E-state index in [2.05, 4.69) is 21.2 Å². The van der Waals surface area contributed by atoms with Crippen molar-refractivity contribution in [2.24, 2.45) is 0 Å². The van der Waals surface area contributed by atoms with Crippen LogP contribution in [0.25, 0.3) is 0 Å².